The fourth-order valence-corrected chi connectivity index (χ4v) is 2.80. The molecule has 0 unspecified atom stereocenters. The van der Waals surface area contributed by atoms with E-state index in [0.717, 1.165) is 0 Å². The van der Waals surface area contributed by atoms with E-state index in [1.54, 1.807) is 11.9 Å². The molecule has 18 heavy (non-hydrogen) atoms. The molecule has 0 radical (unpaired) electrons. The second-order valence-electron chi connectivity index (χ2n) is 5.75. The molecule has 2 rings (SSSR count). The maximum Gasteiger partial charge on any atom is 0.248 e. The minimum Gasteiger partial charge on any atom is -0.381 e. The van der Waals surface area contributed by atoms with Gasteiger partial charge in [0.05, 0.1) is 0 Å². The first-order valence-corrected chi connectivity index (χ1v) is 6.63. The zero-order valence-electron chi connectivity index (χ0n) is 11.4. The zero-order chi connectivity index (χ0) is 13.3. The topological polar surface area (TPSA) is 58.6 Å². The molecule has 5 nitrogen and oxygen atoms in total. The Balaban J connectivity index is 2.17. The first kappa shape index (κ1) is 13.3. The van der Waals surface area contributed by atoms with E-state index in [4.69, 9.17) is 4.74 Å². The first-order chi connectivity index (χ1) is 8.46. The van der Waals surface area contributed by atoms with Crippen LogP contribution in [0.3, 0.4) is 0 Å². The number of likely N-dealkylation sites (N-methyl/N-ethyl adjacent to an activating group) is 1. The Bertz CT molecular complexity index is 348. The van der Waals surface area contributed by atoms with Gasteiger partial charge < -0.3 is 15.0 Å². The molecule has 2 amide bonds. The molecule has 0 aliphatic carbocycles. The predicted molar refractivity (Wildman–Crippen MR) is 66.9 cm³/mol. The van der Waals surface area contributed by atoms with Crippen molar-refractivity contribution in [2.24, 2.45) is 5.92 Å². The van der Waals surface area contributed by atoms with Crippen LogP contribution in [-0.2, 0) is 14.3 Å². The molecular formula is C13H22N2O3. The molecule has 1 atom stereocenters. The molecule has 0 saturated carbocycles. The maximum atomic E-state index is 12.5. The van der Waals surface area contributed by atoms with Gasteiger partial charge in [-0.25, -0.2) is 0 Å². The number of carbonyl (C=O) groups excluding carboxylic acids is 2. The highest BCUT2D eigenvalue weighted by molar-refractivity contribution is 5.99. The Kier molecular flexibility index (Phi) is 3.61. The molecule has 102 valence electrons. The lowest BCUT2D eigenvalue weighted by molar-refractivity contribution is -0.158. The van der Waals surface area contributed by atoms with Crippen LogP contribution in [0.5, 0.6) is 0 Å². The molecular weight excluding hydrogens is 232 g/mol. The molecule has 2 aliphatic rings. The first-order valence-electron chi connectivity index (χ1n) is 6.63. The number of amides is 2. The van der Waals surface area contributed by atoms with Crippen LogP contribution in [0.2, 0.25) is 0 Å². The van der Waals surface area contributed by atoms with Crippen molar-refractivity contribution in [3.8, 4) is 0 Å². The highest BCUT2D eigenvalue weighted by atomic mass is 16.5. The van der Waals surface area contributed by atoms with Crippen molar-refractivity contribution in [3.05, 3.63) is 0 Å². The summed E-state index contributed by atoms with van der Waals surface area (Å²) in [5.74, 6) is 0.406. The second-order valence-corrected chi connectivity index (χ2v) is 5.75. The number of ether oxygens (including phenoxy) is 1. The molecule has 0 aromatic carbocycles. The number of piperazine rings is 1. The van der Waals surface area contributed by atoms with Crippen LogP contribution in [0.15, 0.2) is 0 Å². The van der Waals surface area contributed by atoms with Gasteiger partial charge in [0.15, 0.2) is 0 Å². The predicted octanol–water partition coefficient (Wildman–Crippen LogP) is 0.539. The third kappa shape index (κ3) is 2.23. The van der Waals surface area contributed by atoms with Gasteiger partial charge in [-0.3, -0.25) is 9.59 Å². The zero-order valence-corrected chi connectivity index (χ0v) is 11.4. The Morgan fingerprint density at radius 2 is 2.00 bits per heavy atom. The van der Waals surface area contributed by atoms with Crippen molar-refractivity contribution in [2.45, 2.75) is 44.7 Å². The molecule has 1 spiro atoms. The van der Waals surface area contributed by atoms with Crippen LogP contribution >= 0.6 is 0 Å². The Labute approximate surface area is 108 Å². The van der Waals surface area contributed by atoms with Gasteiger partial charge in [-0.1, -0.05) is 13.8 Å². The lowest BCUT2D eigenvalue weighted by atomic mass is 9.84. The number of carbonyl (C=O) groups is 2. The summed E-state index contributed by atoms with van der Waals surface area (Å²) in [6.45, 7) is 5.19. The van der Waals surface area contributed by atoms with E-state index >= 15 is 0 Å². The van der Waals surface area contributed by atoms with E-state index in [0.29, 0.717) is 38.4 Å². The normalized spacial score (nSPS) is 27.8. The van der Waals surface area contributed by atoms with Crippen LogP contribution < -0.4 is 5.32 Å². The highest BCUT2D eigenvalue weighted by Crippen LogP contribution is 2.29. The number of hydrogen-bond donors (Lipinski definition) is 1. The molecule has 2 aliphatic heterocycles. The smallest absolute Gasteiger partial charge is 0.248 e. The van der Waals surface area contributed by atoms with E-state index in [-0.39, 0.29) is 17.9 Å². The average Bonchev–Trinajstić information content (AvgIpc) is 2.33. The van der Waals surface area contributed by atoms with Crippen LogP contribution in [0, 0.1) is 5.92 Å². The third-order valence-corrected chi connectivity index (χ3v) is 3.90. The van der Waals surface area contributed by atoms with Crippen LogP contribution in [-0.4, -0.2) is 48.6 Å². The van der Waals surface area contributed by atoms with Gasteiger partial charge in [-0.15, -0.1) is 0 Å². The van der Waals surface area contributed by atoms with Crippen LogP contribution in [0.4, 0.5) is 0 Å². The number of rotatable bonds is 2. The minimum absolute atomic E-state index is 0.0206. The quantitative estimate of drug-likeness (QED) is 0.782. The minimum atomic E-state index is -0.711. The van der Waals surface area contributed by atoms with Gasteiger partial charge in [0.25, 0.3) is 0 Å². The van der Waals surface area contributed by atoms with Crippen LogP contribution in [0.1, 0.15) is 33.1 Å². The maximum absolute atomic E-state index is 12.5. The number of nitrogens with zero attached hydrogens (tertiary/aromatic N) is 1. The largest absolute Gasteiger partial charge is 0.381 e. The van der Waals surface area contributed by atoms with Gasteiger partial charge >= 0.3 is 0 Å². The van der Waals surface area contributed by atoms with Crippen molar-refractivity contribution in [1.82, 2.24) is 10.2 Å². The van der Waals surface area contributed by atoms with E-state index < -0.39 is 5.54 Å². The van der Waals surface area contributed by atoms with Gasteiger partial charge in [0.2, 0.25) is 11.8 Å². The fraction of sp³-hybridized carbons (Fsp3) is 0.846. The van der Waals surface area contributed by atoms with Crippen LogP contribution in [0.25, 0.3) is 0 Å². The van der Waals surface area contributed by atoms with Crippen molar-refractivity contribution in [2.75, 3.05) is 20.3 Å². The third-order valence-electron chi connectivity index (χ3n) is 3.90. The van der Waals surface area contributed by atoms with E-state index in [1.807, 2.05) is 0 Å². The van der Waals surface area contributed by atoms with Crippen molar-refractivity contribution < 1.29 is 14.3 Å². The summed E-state index contributed by atoms with van der Waals surface area (Å²) >= 11 is 0. The lowest BCUT2D eigenvalue weighted by Gasteiger charge is -2.46. The summed E-state index contributed by atoms with van der Waals surface area (Å²) in [6, 6.07) is -0.328. The summed E-state index contributed by atoms with van der Waals surface area (Å²) in [7, 11) is 1.74. The fourth-order valence-electron chi connectivity index (χ4n) is 2.80. The molecule has 0 aromatic heterocycles. The van der Waals surface area contributed by atoms with E-state index in [9.17, 15) is 9.59 Å². The summed E-state index contributed by atoms with van der Waals surface area (Å²) in [5.41, 5.74) is -0.711. The van der Waals surface area contributed by atoms with E-state index in [1.165, 1.54) is 0 Å². The van der Waals surface area contributed by atoms with Gasteiger partial charge in [0.1, 0.15) is 11.6 Å². The van der Waals surface area contributed by atoms with E-state index in [2.05, 4.69) is 19.2 Å². The molecule has 2 fully saturated rings. The van der Waals surface area contributed by atoms with Gasteiger partial charge in [0, 0.05) is 33.1 Å². The summed E-state index contributed by atoms with van der Waals surface area (Å²) < 4.78 is 5.29. The average molecular weight is 254 g/mol. The summed E-state index contributed by atoms with van der Waals surface area (Å²) in [4.78, 5) is 26.3. The molecule has 0 aromatic rings. The van der Waals surface area contributed by atoms with Gasteiger partial charge in [-0.05, 0) is 12.3 Å². The Morgan fingerprint density at radius 1 is 1.39 bits per heavy atom. The monoisotopic (exact) mass is 254 g/mol. The Morgan fingerprint density at radius 3 is 2.56 bits per heavy atom. The molecule has 0 bridgehead atoms. The molecule has 5 heteroatoms. The lowest BCUT2D eigenvalue weighted by Crippen LogP contribution is -2.70. The van der Waals surface area contributed by atoms with Crippen molar-refractivity contribution >= 4 is 11.8 Å². The molecule has 2 heterocycles. The summed E-state index contributed by atoms with van der Waals surface area (Å²) in [6.07, 6.45) is 1.87. The Hall–Kier alpha value is -1.10. The number of hydrogen-bond acceptors (Lipinski definition) is 3. The summed E-state index contributed by atoms with van der Waals surface area (Å²) in [5, 5.41) is 2.96. The van der Waals surface area contributed by atoms with Gasteiger partial charge in [-0.2, -0.15) is 0 Å². The number of nitrogens with one attached hydrogen (secondary N) is 1. The molecule has 2 saturated heterocycles. The SMILES string of the molecule is CC(C)C[C@H]1C(=O)NC2(CCOCC2)C(=O)N1C. The second kappa shape index (κ2) is 4.88. The standard InChI is InChI=1S/C13H22N2O3/c1-9(2)8-10-11(16)14-13(12(17)15(10)3)4-6-18-7-5-13/h9-10H,4-8H2,1-3H3,(H,14,16)/t10-/m0/s1. The highest BCUT2D eigenvalue weighted by Gasteiger charge is 2.50. The van der Waals surface area contributed by atoms with Crippen molar-refractivity contribution in [1.29, 1.82) is 0 Å². The van der Waals surface area contributed by atoms with Crippen molar-refractivity contribution in [3.63, 3.8) is 0 Å². The molecule has 1 N–H and O–H groups in total.